The minimum atomic E-state index is -0.538. The highest BCUT2D eigenvalue weighted by Crippen LogP contribution is 2.41. The molecular weight excluding hydrogens is 254 g/mol. The third-order valence-corrected chi connectivity index (χ3v) is 4.11. The van der Waals surface area contributed by atoms with Crippen LogP contribution in [0.15, 0.2) is 30.3 Å². The summed E-state index contributed by atoms with van der Waals surface area (Å²) >= 11 is 0. The zero-order valence-electron chi connectivity index (χ0n) is 12.5. The lowest BCUT2D eigenvalue weighted by Gasteiger charge is -2.45. The van der Waals surface area contributed by atoms with Crippen molar-refractivity contribution in [3.8, 4) is 0 Å². The zero-order valence-corrected chi connectivity index (χ0v) is 12.5. The van der Waals surface area contributed by atoms with E-state index in [4.69, 9.17) is 9.57 Å². The highest BCUT2D eigenvalue weighted by Gasteiger charge is 2.45. The standard InChI is InChI=1S/C16H23NO3/c1-4-15(18)20-16(14-8-6-5-7-9-14)10-11-17(19-3)12-13(16)2/h5-9,13H,4,10-12H2,1-3H3/t13-,16+/m0/s1. The van der Waals surface area contributed by atoms with Crippen molar-refractivity contribution in [2.24, 2.45) is 5.92 Å². The molecule has 4 nitrogen and oxygen atoms in total. The van der Waals surface area contributed by atoms with Gasteiger partial charge in [-0.15, -0.1) is 0 Å². The Balaban J connectivity index is 2.32. The summed E-state index contributed by atoms with van der Waals surface area (Å²) < 4.78 is 5.90. The molecule has 1 aromatic rings. The lowest BCUT2D eigenvalue weighted by atomic mass is 9.77. The van der Waals surface area contributed by atoms with E-state index in [0.29, 0.717) is 6.42 Å². The van der Waals surface area contributed by atoms with Crippen LogP contribution in [0, 0.1) is 5.92 Å². The fourth-order valence-electron chi connectivity index (χ4n) is 2.88. The van der Waals surface area contributed by atoms with Gasteiger partial charge in [0.2, 0.25) is 0 Å². The zero-order chi connectivity index (χ0) is 14.6. The van der Waals surface area contributed by atoms with Crippen LogP contribution < -0.4 is 0 Å². The Kier molecular flexibility index (Phi) is 4.78. The maximum Gasteiger partial charge on any atom is 0.306 e. The fourth-order valence-corrected chi connectivity index (χ4v) is 2.88. The smallest absolute Gasteiger partial charge is 0.306 e. The average Bonchev–Trinajstić information content (AvgIpc) is 2.50. The Hall–Kier alpha value is -1.39. The van der Waals surface area contributed by atoms with E-state index >= 15 is 0 Å². The van der Waals surface area contributed by atoms with Crippen molar-refractivity contribution in [2.45, 2.75) is 32.3 Å². The van der Waals surface area contributed by atoms with Gasteiger partial charge < -0.3 is 9.57 Å². The number of carbonyl (C=O) groups is 1. The van der Waals surface area contributed by atoms with Gasteiger partial charge in [0.1, 0.15) is 5.60 Å². The van der Waals surface area contributed by atoms with Crippen LogP contribution in [-0.4, -0.2) is 31.2 Å². The molecule has 0 amide bonds. The number of carbonyl (C=O) groups excluding carboxylic acids is 1. The molecule has 0 aliphatic carbocycles. The molecule has 2 atom stereocenters. The maximum absolute atomic E-state index is 11.9. The van der Waals surface area contributed by atoms with Crippen LogP contribution in [0.1, 0.15) is 32.3 Å². The van der Waals surface area contributed by atoms with E-state index in [2.05, 4.69) is 6.92 Å². The summed E-state index contributed by atoms with van der Waals surface area (Å²) in [6.45, 7) is 5.45. The second kappa shape index (κ2) is 6.37. The van der Waals surface area contributed by atoms with Crippen LogP contribution in [0.3, 0.4) is 0 Å². The van der Waals surface area contributed by atoms with Crippen LogP contribution in [0.2, 0.25) is 0 Å². The van der Waals surface area contributed by atoms with Crippen LogP contribution in [0.25, 0.3) is 0 Å². The SMILES string of the molecule is CCC(=O)O[C@]1(c2ccccc2)CCN(OC)C[C@@H]1C. The summed E-state index contributed by atoms with van der Waals surface area (Å²) in [6, 6.07) is 10.1. The van der Waals surface area contributed by atoms with Crippen molar-refractivity contribution in [3.05, 3.63) is 35.9 Å². The molecule has 1 saturated heterocycles. The first kappa shape index (κ1) is 15.0. The maximum atomic E-state index is 11.9. The van der Waals surface area contributed by atoms with Gasteiger partial charge in [-0.25, -0.2) is 0 Å². The number of esters is 1. The van der Waals surface area contributed by atoms with Crippen molar-refractivity contribution < 1.29 is 14.4 Å². The molecule has 0 saturated carbocycles. The minimum absolute atomic E-state index is 0.147. The predicted molar refractivity (Wildman–Crippen MR) is 76.9 cm³/mol. The van der Waals surface area contributed by atoms with E-state index in [-0.39, 0.29) is 11.9 Å². The first-order valence-electron chi connectivity index (χ1n) is 7.18. The summed E-state index contributed by atoms with van der Waals surface area (Å²) in [5.41, 5.74) is 0.536. The van der Waals surface area contributed by atoms with Crippen LogP contribution in [0.4, 0.5) is 0 Å². The van der Waals surface area contributed by atoms with Gasteiger partial charge in [0.15, 0.2) is 0 Å². The Morgan fingerprint density at radius 2 is 2.10 bits per heavy atom. The molecule has 20 heavy (non-hydrogen) atoms. The Morgan fingerprint density at radius 1 is 1.40 bits per heavy atom. The second-order valence-corrected chi connectivity index (χ2v) is 5.30. The lowest BCUT2D eigenvalue weighted by molar-refractivity contribution is -0.212. The molecule has 1 aromatic carbocycles. The summed E-state index contributed by atoms with van der Waals surface area (Å²) in [4.78, 5) is 17.2. The molecule has 2 rings (SSSR count). The van der Waals surface area contributed by atoms with Crippen molar-refractivity contribution in [2.75, 3.05) is 20.2 Å². The molecule has 0 aromatic heterocycles. The quantitative estimate of drug-likeness (QED) is 0.793. The molecule has 0 bridgehead atoms. The monoisotopic (exact) mass is 277 g/mol. The molecule has 1 aliphatic heterocycles. The highest BCUT2D eigenvalue weighted by atomic mass is 16.7. The number of hydrogen-bond donors (Lipinski definition) is 0. The lowest BCUT2D eigenvalue weighted by Crippen LogP contribution is -2.50. The molecule has 0 radical (unpaired) electrons. The van der Waals surface area contributed by atoms with E-state index in [1.54, 1.807) is 7.11 Å². The largest absolute Gasteiger partial charge is 0.454 e. The topological polar surface area (TPSA) is 38.8 Å². The van der Waals surface area contributed by atoms with Gasteiger partial charge in [0.25, 0.3) is 0 Å². The molecule has 110 valence electrons. The predicted octanol–water partition coefficient (Wildman–Crippen LogP) is 2.74. The van der Waals surface area contributed by atoms with Gasteiger partial charge in [0.05, 0.1) is 7.11 Å². The van der Waals surface area contributed by atoms with Crippen molar-refractivity contribution >= 4 is 5.97 Å². The van der Waals surface area contributed by atoms with Gasteiger partial charge in [0, 0.05) is 31.8 Å². The van der Waals surface area contributed by atoms with Gasteiger partial charge in [-0.2, -0.15) is 5.06 Å². The van der Waals surface area contributed by atoms with Crippen molar-refractivity contribution in [1.29, 1.82) is 0 Å². The van der Waals surface area contributed by atoms with E-state index < -0.39 is 5.60 Å². The molecule has 0 N–H and O–H groups in total. The van der Waals surface area contributed by atoms with Crippen LogP contribution in [0.5, 0.6) is 0 Å². The summed E-state index contributed by atoms with van der Waals surface area (Å²) in [5, 5.41) is 1.92. The molecule has 1 heterocycles. The molecule has 0 spiro atoms. The average molecular weight is 277 g/mol. The van der Waals surface area contributed by atoms with Crippen molar-refractivity contribution in [3.63, 3.8) is 0 Å². The number of nitrogens with zero attached hydrogens (tertiary/aromatic N) is 1. The number of piperidine rings is 1. The van der Waals surface area contributed by atoms with Crippen LogP contribution in [-0.2, 0) is 20.0 Å². The first-order chi connectivity index (χ1) is 9.62. The molecule has 1 aliphatic rings. The third-order valence-electron chi connectivity index (χ3n) is 4.11. The first-order valence-corrected chi connectivity index (χ1v) is 7.18. The van der Waals surface area contributed by atoms with Gasteiger partial charge >= 0.3 is 5.97 Å². The molecule has 0 unspecified atom stereocenters. The van der Waals surface area contributed by atoms with E-state index in [1.165, 1.54) is 0 Å². The number of rotatable bonds is 4. The van der Waals surface area contributed by atoms with Crippen molar-refractivity contribution in [1.82, 2.24) is 5.06 Å². The molecular formula is C16H23NO3. The van der Waals surface area contributed by atoms with Gasteiger partial charge in [-0.1, -0.05) is 44.2 Å². The Morgan fingerprint density at radius 3 is 2.65 bits per heavy atom. The summed E-state index contributed by atoms with van der Waals surface area (Å²) in [5.74, 6) is 0.0284. The van der Waals surface area contributed by atoms with E-state index in [0.717, 1.165) is 25.1 Å². The Labute approximate surface area is 120 Å². The van der Waals surface area contributed by atoms with Gasteiger partial charge in [-0.05, 0) is 5.56 Å². The van der Waals surface area contributed by atoms with Gasteiger partial charge in [-0.3, -0.25) is 4.79 Å². The minimum Gasteiger partial charge on any atom is -0.454 e. The summed E-state index contributed by atoms with van der Waals surface area (Å²) in [6.07, 6.45) is 1.15. The number of ether oxygens (including phenoxy) is 1. The second-order valence-electron chi connectivity index (χ2n) is 5.30. The molecule has 1 fully saturated rings. The molecule has 4 heteroatoms. The Bertz CT molecular complexity index is 448. The normalized spacial score (nSPS) is 27.2. The summed E-state index contributed by atoms with van der Waals surface area (Å²) in [7, 11) is 1.68. The number of hydroxylamine groups is 2. The third kappa shape index (κ3) is 2.86. The fraction of sp³-hybridized carbons (Fsp3) is 0.562. The van der Waals surface area contributed by atoms with Crippen LogP contribution >= 0.6 is 0 Å². The number of benzene rings is 1. The highest BCUT2D eigenvalue weighted by molar-refractivity contribution is 5.69. The number of hydrogen-bond acceptors (Lipinski definition) is 4. The van der Waals surface area contributed by atoms with E-state index in [9.17, 15) is 4.79 Å². The van der Waals surface area contributed by atoms with E-state index in [1.807, 2.05) is 42.3 Å².